The van der Waals surface area contributed by atoms with Crippen LogP contribution in [0, 0.1) is 13.8 Å². The summed E-state index contributed by atoms with van der Waals surface area (Å²) >= 11 is 0. The Labute approximate surface area is 80.0 Å². The molecule has 0 aliphatic carbocycles. The van der Waals surface area contributed by atoms with Gasteiger partial charge in [0.1, 0.15) is 11.5 Å². The molecule has 0 spiro atoms. The lowest BCUT2D eigenvalue weighted by atomic mass is 10.1. The molecule has 0 saturated carbocycles. The summed E-state index contributed by atoms with van der Waals surface area (Å²) in [5.41, 5.74) is 8.07. The second-order valence-corrected chi connectivity index (χ2v) is 2.76. The van der Waals surface area contributed by atoms with Crippen molar-refractivity contribution in [3.05, 3.63) is 28.7 Å². The molecule has 0 atom stereocenters. The molecule has 0 N–H and O–H groups in total. The van der Waals surface area contributed by atoms with Crippen molar-refractivity contribution in [1.82, 2.24) is 0 Å². The third-order valence-corrected chi connectivity index (χ3v) is 1.74. The smallest absolute Gasteiger partial charge is 0.402 e. The quantitative estimate of drug-likeness (QED) is 0.178. The second kappa shape index (κ2) is 3.81. The van der Waals surface area contributed by atoms with Gasteiger partial charge in [-0.1, -0.05) is 0 Å². The number of nitrogens with zero attached hydrogens (tertiary/aromatic N) is 2. The summed E-state index contributed by atoms with van der Waals surface area (Å²) in [6.07, 6.45) is 0.199. The van der Waals surface area contributed by atoms with Gasteiger partial charge in [0.25, 0.3) is 5.78 Å². The standard InChI is InChI=1S/C9H8N2O3/c1-5-3-7(6(2)14-5)9(13)8(4-12)11-10/h3-4H,1-2H3. The van der Waals surface area contributed by atoms with E-state index in [9.17, 15) is 9.59 Å². The molecule has 0 aromatic carbocycles. The maximum Gasteiger partial charge on any atom is 0.402 e. The SMILES string of the molecule is Cc1cc(C(=O)C(C=O)=[N+]=[N-])c(C)o1. The van der Waals surface area contributed by atoms with E-state index in [1.54, 1.807) is 13.8 Å². The van der Waals surface area contributed by atoms with Gasteiger partial charge in [-0.05, 0) is 19.9 Å². The Bertz CT molecular complexity index is 439. The van der Waals surface area contributed by atoms with E-state index >= 15 is 0 Å². The van der Waals surface area contributed by atoms with Gasteiger partial charge in [0.2, 0.25) is 6.29 Å². The van der Waals surface area contributed by atoms with Crippen LogP contribution in [0.15, 0.2) is 10.5 Å². The van der Waals surface area contributed by atoms with Crippen LogP contribution in [-0.2, 0) is 4.79 Å². The summed E-state index contributed by atoms with van der Waals surface area (Å²) in [6, 6.07) is 1.49. The second-order valence-electron chi connectivity index (χ2n) is 2.76. The van der Waals surface area contributed by atoms with Crippen LogP contribution < -0.4 is 0 Å². The highest BCUT2D eigenvalue weighted by molar-refractivity contribution is 6.61. The summed E-state index contributed by atoms with van der Waals surface area (Å²) in [4.78, 5) is 24.4. The van der Waals surface area contributed by atoms with Gasteiger partial charge in [0.05, 0.1) is 5.56 Å². The van der Waals surface area contributed by atoms with Crippen molar-refractivity contribution in [2.24, 2.45) is 0 Å². The predicted octanol–water partition coefficient (Wildman–Crippen LogP) is 0.949. The fraction of sp³-hybridized carbons (Fsp3) is 0.222. The Balaban J connectivity index is 3.18. The van der Waals surface area contributed by atoms with Crippen molar-refractivity contribution in [3.8, 4) is 0 Å². The summed E-state index contributed by atoms with van der Waals surface area (Å²) in [6.45, 7) is 3.28. The highest BCUT2D eigenvalue weighted by Crippen LogP contribution is 2.14. The van der Waals surface area contributed by atoms with Gasteiger partial charge in [0.15, 0.2) is 0 Å². The lowest BCUT2D eigenvalue weighted by Crippen LogP contribution is -2.16. The molecule has 1 aromatic heterocycles. The number of ketones is 1. The van der Waals surface area contributed by atoms with E-state index in [0.717, 1.165) is 0 Å². The van der Waals surface area contributed by atoms with Crippen molar-refractivity contribution in [2.45, 2.75) is 13.8 Å². The first kappa shape index (κ1) is 10.1. The topological polar surface area (TPSA) is 83.7 Å². The Morgan fingerprint density at radius 1 is 1.57 bits per heavy atom. The predicted molar refractivity (Wildman–Crippen MR) is 47.2 cm³/mol. The van der Waals surface area contributed by atoms with Gasteiger partial charge < -0.3 is 9.95 Å². The summed E-state index contributed by atoms with van der Waals surface area (Å²) in [5, 5.41) is 0. The van der Waals surface area contributed by atoms with Crippen LogP contribution in [0.4, 0.5) is 0 Å². The lowest BCUT2D eigenvalue weighted by Gasteiger charge is -1.87. The average molecular weight is 192 g/mol. The van der Waals surface area contributed by atoms with Gasteiger partial charge in [-0.3, -0.25) is 9.59 Å². The number of furan rings is 1. The third kappa shape index (κ3) is 1.67. The number of hydrogen-bond donors (Lipinski definition) is 0. The minimum Gasteiger partial charge on any atom is -0.466 e. The first-order valence-corrected chi connectivity index (χ1v) is 3.89. The molecule has 0 aliphatic heterocycles. The van der Waals surface area contributed by atoms with Gasteiger partial charge in [-0.2, -0.15) is 4.79 Å². The van der Waals surface area contributed by atoms with E-state index in [1.165, 1.54) is 6.07 Å². The third-order valence-electron chi connectivity index (χ3n) is 1.74. The Kier molecular flexibility index (Phi) is 2.74. The van der Waals surface area contributed by atoms with E-state index in [-0.39, 0.29) is 11.8 Å². The van der Waals surface area contributed by atoms with Crippen LogP contribution in [0.1, 0.15) is 21.9 Å². The highest BCUT2D eigenvalue weighted by atomic mass is 16.3. The summed E-state index contributed by atoms with van der Waals surface area (Å²) < 4.78 is 5.10. The molecule has 1 rings (SSSR count). The van der Waals surface area contributed by atoms with Gasteiger partial charge in [-0.25, -0.2) is 0 Å². The minimum absolute atomic E-state index is 0.199. The summed E-state index contributed by atoms with van der Waals surface area (Å²) in [5.74, 6) is 0.321. The zero-order valence-corrected chi connectivity index (χ0v) is 7.77. The number of hydrogen-bond acceptors (Lipinski definition) is 3. The molecule has 0 amide bonds. The largest absolute Gasteiger partial charge is 0.466 e. The molecule has 5 heteroatoms. The molecule has 0 unspecified atom stereocenters. The molecule has 14 heavy (non-hydrogen) atoms. The van der Waals surface area contributed by atoms with Crippen LogP contribution in [0.2, 0.25) is 0 Å². The fourth-order valence-electron chi connectivity index (χ4n) is 1.12. The molecule has 1 aromatic rings. The van der Waals surface area contributed by atoms with Crippen molar-refractivity contribution in [3.63, 3.8) is 0 Å². The van der Waals surface area contributed by atoms with Crippen molar-refractivity contribution >= 4 is 17.8 Å². The Morgan fingerprint density at radius 3 is 2.57 bits per heavy atom. The maximum absolute atomic E-state index is 11.5. The van der Waals surface area contributed by atoms with Gasteiger partial charge >= 0.3 is 5.71 Å². The van der Waals surface area contributed by atoms with E-state index in [0.29, 0.717) is 11.5 Å². The van der Waals surface area contributed by atoms with E-state index in [4.69, 9.17) is 9.95 Å². The van der Waals surface area contributed by atoms with E-state index in [1.807, 2.05) is 0 Å². The number of rotatable bonds is 3. The van der Waals surface area contributed by atoms with Crippen LogP contribution in [0.25, 0.3) is 5.53 Å². The molecule has 1 heterocycles. The average Bonchev–Trinajstić information content (AvgIpc) is 2.47. The number of aryl methyl sites for hydroxylation is 2. The molecule has 0 bridgehead atoms. The number of Topliss-reactive ketones (excluding diaryl/α,β-unsaturated/α-hetero) is 1. The Hall–Kier alpha value is -2.00. The van der Waals surface area contributed by atoms with Gasteiger partial charge in [-0.15, -0.1) is 0 Å². The van der Waals surface area contributed by atoms with E-state index < -0.39 is 11.5 Å². The molecular weight excluding hydrogens is 184 g/mol. The number of aldehydes is 1. The Morgan fingerprint density at radius 2 is 2.21 bits per heavy atom. The van der Waals surface area contributed by atoms with Crippen LogP contribution in [0.3, 0.4) is 0 Å². The fourth-order valence-corrected chi connectivity index (χ4v) is 1.12. The minimum atomic E-state index is -0.642. The monoisotopic (exact) mass is 192 g/mol. The van der Waals surface area contributed by atoms with E-state index in [2.05, 4.69) is 4.79 Å². The molecule has 72 valence electrons. The number of carbonyl (C=O) groups excluding carboxylic acids is 2. The van der Waals surface area contributed by atoms with Crippen molar-refractivity contribution < 1.29 is 18.8 Å². The maximum atomic E-state index is 11.5. The zero-order chi connectivity index (χ0) is 10.7. The van der Waals surface area contributed by atoms with Crippen LogP contribution >= 0.6 is 0 Å². The molecule has 5 nitrogen and oxygen atoms in total. The van der Waals surface area contributed by atoms with Gasteiger partial charge in [0, 0.05) is 0 Å². The first-order chi connectivity index (χ1) is 6.60. The molecule has 0 saturated heterocycles. The summed E-state index contributed by atoms with van der Waals surface area (Å²) in [7, 11) is 0. The molecule has 0 fully saturated rings. The highest BCUT2D eigenvalue weighted by Gasteiger charge is 2.24. The first-order valence-electron chi connectivity index (χ1n) is 3.89. The normalized spacial score (nSPS) is 9.29. The molecule has 0 aliphatic rings. The van der Waals surface area contributed by atoms with Crippen molar-refractivity contribution in [2.75, 3.05) is 0 Å². The molecule has 0 radical (unpaired) electrons. The van der Waals surface area contributed by atoms with Crippen LogP contribution in [0.5, 0.6) is 0 Å². The molecular formula is C9H8N2O3. The van der Waals surface area contributed by atoms with Crippen molar-refractivity contribution in [1.29, 1.82) is 0 Å². The van der Waals surface area contributed by atoms with Crippen LogP contribution in [-0.4, -0.2) is 22.6 Å². The lowest BCUT2D eigenvalue weighted by molar-refractivity contribution is -0.106. The zero-order valence-electron chi connectivity index (χ0n) is 7.77. The number of carbonyl (C=O) groups is 2.